The molecule has 8 heteroatoms. The molecule has 2 aliphatic rings. The van der Waals surface area contributed by atoms with Crippen molar-refractivity contribution < 1.29 is 24.2 Å². The van der Waals surface area contributed by atoms with Crippen LogP contribution in [0.2, 0.25) is 5.02 Å². The Bertz CT molecular complexity index is 1580. The van der Waals surface area contributed by atoms with Crippen molar-refractivity contribution in [1.29, 1.82) is 0 Å². The molecule has 3 N–H and O–H groups in total. The number of aliphatic carboxylic acids is 1. The fourth-order valence-electron chi connectivity index (χ4n) is 5.15. The number of carbonyl (C=O) groups is 2. The first-order valence-electron chi connectivity index (χ1n) is 14.4. The van der Waals surface area contributed by atoms with Gasteiger partial charge >= 0.3 is 5.97 Å². The van der Waals surface area contributed by atoms with Gasteiger partial charge in [-0.3, -0.25) is 9.59 Å². The van der Waals surface area contributed by atoms with E-state index >= 15 is 0 Å². The fourth-order valence-corrected chi connectivity index (χ4v) is 5.39. The molecule has 0 aromatic heterocycles. The maximum absolute atomic E-state index is 12.8. The van der Waals surface area contributed by atoms with E-state index in [9.17, 15) is 14.7 Å². The number of benzene rings is 3. The van der Waals surface area contributed by atoms with Crippen LogP contribution < -0.4 is 20.1 Å². The molecule has 0 fully saturated rings. The van der Waals surface area contributed by atoms with Gasteiger partial charge in [-0.15, -0.1) is 0 Å². The van der Waals surface area contributed by atoms with Crippen LogP contribution in [0.15, 0.2) is 96.1 Å². The molecular weight excluding hydrogens is 564 g/mol. The minimum atomic E-state index is -1.000. The summed E-state index contributed by atoms with van der Waals surface area (Å²) < 4.78 is 12.5. The molecule has 0 saturated carbocycles. The zero-order valence-electron chi connectivity index (χ0n) is 24.1. The number of hydrogen-bond acceptors (Lipinski definition) is 5. The lowest BCUT2D eigenvalue weighted by Gasteiger charge is -2.20. The van der Waals surface area contributed by atoms with E-state index in [1.807, 2.05) is 48.6 Å². The van der Waals surface area contributed by atoms with Crippen molar-refractivity contribution >= 4 is 23.5 Å². The predicted octanol–water partition coefficient (Wildman–Crippen LogP) is 6.54. The molecule has 0 spiro atoms. The standard InChI is InChI=1S/C35H35ClN2O5/c1-23-27(13-8-14-29(23)25-10-5-3-6-11-25)22-43-33-19-32-28(18-30(33)36)20-38-31(35(40)41)15-16-37-34(39)26-12-7-2-4-9-24(17-26)21-42-32/h3-6,8-14,17-19,31,38H,2,7,15-16,20-22H2,1H3,(H,37,39)(H,40,41)/b9-4-,24-17+,26-12-. The summed E-state index contributed by atoms with van der Waals surface area (Å²) in [4.78, 5) is 24.8. The Balaban J connectivity index is 1.43. The molecule has 0 radical (unpaired) electrons. The normalized spacial score (nSPS) is 20.7. The Morgan fingerprint density at radius 3 is 2.77 bits per heavy atom. The molecule has 1 unspecified atom stereocenters. The van der Waals surface area contributed by atoms with E-state index in [2.05, 4.69) is 41.8 Å². The van der Waals surface area contributed by atoms with Crippen LogP contribution in [0.5, 0.6) is 11.5 Å². The van der Waals surface area contributed by atoms with Crippen LogP contribution >= 0.6 is 11.6 Å². The number of hydrogen-bond donors (Lipinski definition) is 3. The first kappa shape index (κ1) is 30.1. The van der Waals surface area contributed by atoms with Gasteiger partial charge in [0.25, 0.3) is 5.91 Å². The molecule has 0 saturated heterocycles. The number of halogens is 1. The van der Waals surface area contributed by atoms with Gasteiger partial charge in [-0.1, -0.05) is 78.4 Å². The summed E-state index contributed by atoms with van der Waals surface area (Å²) in [5.41, 5.74) is 6.52. The number of ether oxygens (including phenoxy) is 2. The van der Waals surface area contributed by atoms with Gasteiger partial charge in [0.2, 0.25) is 0 Å². The zero-order chi connectivity index (χ0) is 30.2. The maximum atomic E-state index is 12.8. The third-order valence-corrected chi connectivity index (χ3v) is 7.91. The molecular formula is C35H35ClN2O5. The van der Waals surface area contributed by atoms with Crippen LogP contribution in [-0.2, 0) is 22.7 Å². The predicted molar refractivity (Wildman–Crippen MR) is 168 cm³/mol. The third kappa shape index (κ3) is 7.74. The van der Waals surface area contributed by atoms with Crippen molar-refractivity contribution in [3.05, 3.63) is 118 Å². The summed E-state index contributed by atoms with van der Waals surface area (Å²) in [7, 11) is 0. The first-order chi connectivity index (χ1) is 20.9. The Morgan fingerprint density at radius 1 is 1.12 bits per heavy atom. The Labute approximate surface area is 256 Å². The smallest absolute Gasteiger partial charge is 0.320 e. The summed E-state index contributed by atoms with van der Waals surface area (Å²) >= 11 is 6.70. The monoisotopic (exact) mass is 598 g/mol. The number of carboxylic acids is 1. The SMILES string of the molecule is Cc1c(COc2cc3c(cc2Cl)CNC(C(=O)O)CCNC(=O)C2=C\CC\C=C/C(=C\2)CO3)cccc1-c1ccccc1. The van der Waals surface area contributed by atoms with Crippen molar-refractivity contribution in [1.82, 2.24) is 10.6 Å². The Kier molecular flexibility index (Phi) is 9.97. The molecule has 222 valence electrons. The van der Waals surface area contributed by atoms with E-state index in [0.29, 0.717) is 34.3 Å². The number of nitrogens with one attached hydrogen (secondary N) is 2. The van der Waals surface area contributed by atoms with Gasteiger partial charge in [0.1, 0.15) is 30.8 Å². The molecule has 1 amide bonds. The van der Waals surface area contributed by atoms with Crippen molar-refractivity contribution in [2.24, 2.45) is 0 Å². The van der Waals surface area contributed by atoms with Crippen molar-refractivity contribution in [3.63, 3.8) is 0 Å². The van der Waals surface area contributed by atoms with Crippen LogP contribution in [0.25, 0.3) is 11.1 Å². The van der Waals surface area contributed by atoms with Gasteiger partial charge in [-0.25, -0.2) is 0 Å². The molecule has 7 nitrogen and oxygen atoms in total. The summed E-state index contributed by atoms with van der Waals surface area (Å²) in [6.07, 6.45) is 9.50. The maximum Gasteiger partial charge on any atom is 0.320 e. The number of carboxylic acid groups (broad SMARTS) is 1. The number of amides is 1. The highest BCUT2D eigenvalue weighted by Gasteiger charge is 2.21. The lowest BCUT2D eigenvalue weighted by Crippen LogP contribution is -2.39. The van der Waals surface area contributed by atoms with Crippen LogP contribution in [0.1, 0.15) is 36.0 Å². The summed E-state index contributed by atoms with van der Waals surface area (Å²) in [6.45, 7) is 3.02. The molecule has 3 aromatic rings. The quantitative estimate of drug-likeness (QED) is 0.309. The van der Waals surface area contributed by atoms with E-state index in [1.165, 1.54) is 0 Å². The lowest BCUT2D eigenvalue weighted by molar-refractivity contribution is -0.139. The summed E-state index contributed by atoms with van der Waals surface area (Å²) in [6, 6.07) is 19.0. The highest BCUT2D eigenvalue weighted by Crippen LogP contribution is 2.35. The van der Waals surface area contributed by atoms with Crippen LogP contribution in [0.4, 0.5) is 0 Å². The van der Waals surface area contributed by atoms with E-state index in [1.54, 1.807) is 12.1 Å². The van der Waals surface area contributed by atoms with Gasteiger partial charge in [0, 0.05) is 30.3 Å². The van der Waals surface area contributed by atoms with Gasteiger partial charge in [-0.05, 0) is 66.2 Å². The fraction of sp³-hybridized carbons (Fsp3) is 0.257. The second kappa shape index (κ2) is 14.2. The zero-order valence-corrected chi connectivity index (χ0v) is 24.8. The third-order valence-electron chi connectivity index (χ3n) is 7.61. The van der Waals surface area contributed by atoms with Crippen LogP contribution in [0.3, 0.4) is 0 Å². The average Bonchev–Trinajstić information content (AvgIpc) is 2.98. The minimum Gasteiger partial charge on any atom is -0.488 e. The van der Waals surface area contributed by atoms with Gasteiger partial charge < -0.3 is 25.2 Å². The molecule has 3 aromatic carbocycles. The van der Waals surface area contributed by atoms with Crippen molar-refractivity contribution in [3.8, 4) is 22.6 Å². The molecule has 1 atom stereocenters. The topological polar surface area (TPSA) is 96.9 Å². The summed E-state index contributed by atoms with van der Waals surface area (Å²) in [5.74, 6) is -0.249. The largest absolute Gasteiger partial charge is 0.488 e. The second-order valence-electron chi connectivity index (χ2n) is 10.6. The van der Waals surface area contributed by atoms with Gasteiger partial charge in [0.05, 0.1) is 5.02 Å². The molecule has 2 bridgehead atoms. The van der Waals surface area contributed by atoms with Crippen molar-refractivity contribution in [2.75, 3.05) is 13.2 Å². The summed E-state index contributed by atoms with van der Waals surface area (Å²) in [5, 5.41) is 16.1. The van der Waals surface area contributed by atoms with E-state index < -0.39 is 12.0 Å². The van der Waals surface area contributed by atoms with E-state index in [4.69, 9.17) is 21.1 Å². The highest BCUT2D eigenvalue weighted by atomic mass is 35.5. The highest BCUT2D eigenvalue weighted by molar-refractivity contribution is 6.32. The van der Waals surface area contributed by atoms with E-state index in [-0.39, 0.29) is 32.0 Å². The van der Waals surface area contributed by atoms with Crippen LogP contribution in [0, 0.1) is 6.92 Å². The van der Waals surface area contributed by atoms with E-state index in [0.717, 1.165) is 40.7 Å². The van der Waals surface area contributed by atoms with Gasteiger partial charge in [-0.2, -0.15) is 0 Å². The molecule has 1 aliphatic heterocycles. The number of allylic oxidation sites excluding steroid dienone is 2. The Hall–Kier alpha value is -4.33. The number of fused-ring (bicyclic) bond motifs is 2. The lowest BCUT2D eigenvalue weighted by atomic mass is 9.97. The molecule has 43 heavy (non-hydrogen) atoms. The van der Waals surface area contributed by atoms with Crippen LogP contribution in [-0.4, -0.2) is 36.2 Å². The molecule has 5 rings (SSSR count). The number of rotatable bonds is 5. The van der Waals surface area contributed by atoms with Gasteiger partial charge in [0.15, 0.2) is 0 Å². The second-order valence-corrected chi connectivity index (χ2v) is 11.0. The molecule has 1 heterocycles. The Morgan fingerprint density at radius 2 is 1.95 bits per heavy atom. The average molecular weight is 599 g/mol. The number of carbonyl (C=O) groups excluding carboxylic acids is 1. The molecule has 1 aliphatic carbocycles. The minimum absolute atomic E-state index is 0.204. The first-order valence-corrected chi connectivity index (χ1v) is 14.8. The van der Waals surface area contributed by atoms with Crippen molar-refractivity contribution in [2.45, 2.75) is 45.4 Å².